The summed E-state index contributed by atoms with van der Waals surface area (Å²) in [5, 5.41) is 8.16. The molecular formula is C18H23N7O3. The van der Waals surface area contributed by atoms with Gasteiger partial charge in [0.1, 0.15) is 5.69 Å². The summed E-state index contributed by atoms with van der Waals surface area (Å²) in [5.74, 6) is 0.0413. The highest BCUT2D eigenvalue weighted by molar-refractivity contribution is 5.92. The van der Waals surface area contributed by atoms with E-state index < -0.39 is 0 Å². The number of morpholine rings is 1. The van der Waals surface area contributed by atoms with Gasteiger partial charge in [-0.2, -0.15) is 0 Å². The van der Waals surface area contributed by atoms with Gasteiger partial charge >= 0.3 is 0 Å². The zero-order valence-corrected chi connectivity index (χ0v) is 15.6. The molecule has 0 N–H and O–H groups in total. The lowest BCUT2D eigenvalue weighted by Gasteiger charge is -2.32. The van der Waals surface area contributed by atoms with Gasteiger partial charge in [0, 0.05) is 45.1 Å². The average Bonchev–Trinajstić information content (AvgIpc) is 3.22. The highest BCUT2D eigenvalue weighted by Gasteiger charge is 2.27. The number of amides is 2. The van der Waals surface area contributed by atoms with Crippen LogP contribution in [0.1, 0.15) is 33.8 Å². The van der Waals surface area contributed by atoms with Crippen molar-refractivity contribution in [3.8, 4) is 0 Å². The van der Waals surface area contributed by atoms with E-state index in [0.717, 1.165) is 12.8 Å². The molecule has 2 aromatic rings. The van der Waals surface area contributed by atoms with Crippen molar-refractivity contribution in [3.05, 3.63) is 36.2 Å². The average molecular weight is 385 g/mol. The van der Waals surface area contributed by atoms with Gasteiger partial charge in [0.15, 0.2) is 5.69 Å². The summed E-state index contributed by atoms with van der Waals surface area (Å²) in [5.41, 5.74) is 0.715. The van der Waals surface area contributed by atoms with E-state index in [1.165, 1.54) is 12.4 Å². The van der Waals surface area contributed by atoms with Crippen LogP contribution in [0.3, 0.4) is 0 Å². The summed E-state index contributed by atoms with van der Waals surface area (Å²) >= 11 is 0. The van der Waals surface area contributed by atoms with Crippen LogP contribution in [-0.2, 0) is 11.3 Å². The standard InChI is InChI=1S/C18H23N7O3/c26-17(15-10-19-3-4-20-15)24-5-1-2-14(11-24)12-25-13-16(21-22-25)18(27)23-6-8-28-9-7-23/h3-4,10,13-14H,1-2,5-9,11-12H2/t14-/m1/s1. The molecule has 148 valence electrons. The molecule has 0 radical (unpaired) electrons. The summed E-state index contributed by atoms with van der Waals surface area (Å²) < 4.78 is 6.98. The van der Waals surface area contributed by atoms with Crippen molar-refractivity contribution in [3.63, 3.8) is 0 Å². The van der Waals surface area contributed by atoms with Crippen LogP contribution in [-0.4, -0.2) is 86.0 Å². The third-order valence-corrected chi connectivity index (χ3v) is 5.09. The summed E-state index contributed by atoms with van der Waals surface area (Å²) in [4.78, 5) is 36.7. The van der Waals surface area contributed by atoms with Crippen LogP contribution in [0.2, 0.25) is 0 Å². The van der Waals surface area contributed by atoms with E-state index in [2.05, 4.69) is 20.3 Å². The predicted octanol–water partition coefficient (Wildman–Crippen LogP) is 0.0929. The van der Waals surface area contributed by atoms with Gasteiger partial charge in [0.2, 0.25) is 0 Å². The van der Waals surface area contributed by atoms with Gasteiger partial charge in [0.25, 0.3) is 11.8 Å². The molecule has 28 heavy (non-hydrogen) atoms. The molecule has 2 aliphatic rings. The first-order valence-corrected chi connectivity index (χ1v) is 9.53. The van der Waals surface area contributed by atoms with Crippen LogP contribution < -0.4 is 0 Å². The Morgan fingerprint density at radius 3 is 2.68 bits per heavy atom. The molecule has 10 nitrogen and oxygen atoms in total. The molecule has 10 heteroatoms. The molecule has 1 atom stereocenters. The molecule has 0 spiro atoms. The van der Waals surface area contributed by atoms with Crippen molar-refractivity contribution in [2.45, 2.75) is 19.4 Å². The first-order chi connectivity index (χ1) is 13.7. The Bertz CT molecular complexity index is 820. The lowest BCUT2D eigenvalue weighted by Crippen LogP contribution is -2.41. The number of piperidine rings is 1. The van der Waals surface area contributed by atoms with Crippen molar-refractivity contribution in [2.75, 3.05) is 39.4 Å². The molecule has 0 bridgehead atoms. The van der Waals surface area contributed by atoms with Gasteiger partial charge in [0.05, 0.1) is 25.6 Å². The topological polar surface area (TPSA) is 106 Å². The van der Waals surface area contributed by atoms with E-state index in [-0.39, 0.29) is 17.7 Å². The zero-order chi connectivity index (χ0) is 19.3. The van der Waals surface area contributed by atoms with Gasteiger partial charge in [-0.05, 0) is 18.8 Å². The number of hydrogen-bond donors (Lipinski definition) is 0. The Morgan fingerprint density at radius 2 is 1.89 bits per heavy atom. The van der Waals surface area contributed by atoms with Crippen molar-refractivity contribution in [2.24, 2.45) is 5.92 Å². The van der Waals surface area contributed by atoms with E-state index >= 15 is 0 Å². The minimum absolute atomic E-state index is 0.0976. The number of likely N-dealkylation sites (tertiary alicyclic amines) is 1. The fraction of sp³-hybridized carbons (Fsp3) is 0.556. The predicted molar refractivity (Wildman–Crippen MR) is 97.4 cm³/mol. The number of rotatable bonds is 4. The Kier molecular flexibility index (Phi) is 5.56. The van der Waals surface area contributed by atoms with Gasteiger partial charge in [-0.1, -0.05) is 5.21 Å². The molecule has 0 aliphatic carbocycles. The van der Waals surface area contributed by atoms with E-state index in [9.17, 15) is 9.59 Å². The van der Waals surface area contributed by atoms with E-state index in [1.807, 2.05) is 4.90 Å². The third kappa shape index (κ3) is 4.16. The van der Waals surface area contributed by atoms with Gasteiger partial charge in [-0.25, -0.2) is 4.98 Å². The molecule has 0 aromatic carbocycles. The SMILES string of the molecule is O=C(c1cnccn1)N1CCC[C@@H](Cn2cc(C(=O)N3CCOCC3)nn2)C1. The number of carbonyl (C=O) groups is 2. The summed E-state index contributed by atoms with van der Waals surface area (Å²) in [6.45, 7) is 4.22. The molecule has 2 saturated heterocycles. The molecule has 0 saturated carbocycles. The van der Waals surface area contributed by atoms with E-state index in [4.69, 9.17) is 4.74 Å². The summed E-state index contributed by atoms with van der Waals surface area (Å²) in [6.07, 6.45) is 8.18. The Morgan fingerprint density at radius 1 is 1.07 bits per heavy atom. The number of hydrogen-bond acceptors (Lipinski definition) is 7. The van der Waals surface area contributed by atoms with Crippen molar-refractivity contribution in [1.29, 1.82) is 0 Å². The molecular weight excluding hydrogens is 362 g/mol. The maximum Gasteiger partial charge on any atom is 0.276 e. The Labute approximate surface area is 162 Å². The number of aromatic nitrogens is 5. The second-order valence-corrected chi connectivity index (χ2v) is 7.08. The number of nitrogens with zero attached hydrogens (tertiary/aromatic N) is 7. The highest BCUT2D eigenvalue weighted by atomic mass is 16.5. The lowest BCUT2D eigenvalue weighted by atomic mass is 9.98. The molecule has 2 amide bonds. The smallest absolute Gasteiger partial charge is 0.276 e. The maximum absolute atomic E-state index is 12.6. The van der Waals surface area contributed by atoms with Crippen molar-refractivity contribution >= 4 is 11.8 Å². The van der Waals surface area contributed by atoms with Crippen LogP contribution in [0.4, 0.5) is 0 Å². The molecule has 2 fully saturated rings. The number of carbonyl (C=O) groups excluding carboxylic acids is 2. The highest BCUT2D eigenvalue weighted by Crippen LogP contribution is 2.19. The lowest BCUT2D eigenvalue weighted by molar-refractivity contribution is 0.0299. The molecule has 4 heterocycles. The van der Waals surface area contributed by atoms with E-state index in [0.29, 0.717) is 57.3 Å². The molecule has 4 rings (SSSR count). The molecule has 0 unspecified atom stereocenters. The summed E-state index contributed by atoms with van der Waals surface area (Å²) in [7, 11) is 0. The fourth-order valence-corrected chi connectivity index (χ4v) is 3.65. The monoisotopic (exact) mass is 385 g/mol. The quantitative estimate of drug-likeness (QED) is 0.734. The van der Waals surface area contributed by atoms with Crippen LogP contribution in [0.15, 0.2) is 24.8 Å². The normalized spacial score (nSPS) is 20.2. The van der Waals surface area contributed by atoms with Gasteiger partial charge < -0.3 is 14.5 Å². The molecule has 2 aromatic heterocycles. The minimum atomic E-state index is -0.113. The number of ether oxygens (including phenoxy) is 1. The second kappa shape index (κ2) is 8.42. The third-order valence-electron chi connectivity index (χ3n) is 5.09. The van der Waals surface area contributed by atoms with Crippen molar-refractivity contribution < 1.29 is 14.3 Å². The minimum Gasteiger partial charge on any atom is -0.378 e. The van der Waals surface area contributed by atoms with Crippen LogP contribution in [0.25, 0.3) is 0 Å². The molecule has 2 aliphatic heterocycles. The van der Waals surface area contributed by atoms with Crippen LogP contribution in [0, 0.1) is 5.92 Å². The van der Waals surface area contributed by atoms with Gasteiger partial charge in [-0.15, -0.1) is 5.10 Å². The first kappa shape index (κ1) is 18.5. The summed E-state index contributed by atoms with van der Waals surface area (Å²) in [6, 6.07) is 0. The van der Waals surface area contributed by atoms with E-state index in [1.54, 1.807) is 22.0 Å². The maximum atomic E-state index is 12.6. The Balaban J connectivity index is 1.36. The van der Waals surface area contributed by atoms with Gasteiger partial charge in [-0.3, -0.25) is 19.3 Å². The Hall–Kier alpha value is -2.88. The first-order valence-electron chi connectivity index (χ1n) is 9.53. The van der Waals surface area contributed by atoms with Crippen molar-refractivity contribution in [1.82, 2.24) is 34.8 Å². The van der Waals surface area contributed by atoms with Crippen LogP contribution in [0.5, 0.6) is 0 Å². The second-order valence-electron chi connectivity index (χ2n) is 7.08. The van der Waals surface area contributed by atoms with Crippen LogP contribution >= 0.6 is 0 Å². The fourth-order valence-electron chi connectivity index (χ4n) is 3.65. The zero-order valence-electron chi connectivity index (χ0n) is 15.6. The largest absolute Gasteiger partial charge is 0.378 e.